The Labute approximate surface area is 149 Å². The molecule has 0 saturated carbocycles. The number of benzene rings is 1. The normalized spacial score (nSPS) is 14.4. The Balaban J connectivity index is 1.47. The van der Waals surface area contributed by atoms with Crippen molar-refractivity contribution in [3.8, 4) is 0 Å². The zero-order valence-electron chi connectivity index (χ0n) is 13.4. The van der Waals surface area contributed by atoms with Gasteiger partial charge in [-0.15, -0.1) is 11.8 Å². The Morgan fingerprint density at radius 2 is 1.76 bits per heavy atom. The van der Waals surface area contributed by atoms with E-state index in [4.69, 9.17) is 0 Å². The lowest BCUT2D eigenvalue weighted by Crippen LogP contribution is -2.49. The van der Waals surface area contributed by atoms with Crippen molar-refractivity contribution in [3.05, 3.63) is 52.8 Å². The number of amides is 1. The quantitative estimate of drug-likeness (QED) is 0.457. The van der Waals surface area contributed by atoms with Crippen molar-refractivity contribution in [1.29, 1.82) is 0 Å². The van der Waals surface area contributed by atoms with Crippen molar-refractivity contribution in [2.75, 3.05) is 36.8 Å². The molecule has 0 bridgehead atoms. The number of carbonyl (C=O) groups excluding carboxylic acids is 1. The monoisotopic (exact) mass is 359 g/mol. The number of carbonyl (C=O) groups is 1. The first-order chi connectivity index (χ1) is 12.1. The van der Waals surface area contributed by atoms with E-state index in [1.54, 1.807) is 30.6 Å². The van der Waals surface area contributed by atoms with Crippen LogP contribution in [-0.4, -0.2) is 57.6 Å². The Morgan fingerprint density at radius 1 is 1.12 bits per heavy atom. The fourth-order valence-corrected chi connectivity index (χ4v) is 3.31. The summed E-state index contributed by atoms with van der Waals surface area (Å²) in [7, 11) is 0. The first-order valence-corrected chi connectivity index (χ1v) is 8.79. The van der Waals surface area contributed by atoms with Gasteiger partial charge in [0.25, 0.3) is 5.69 Å². The van der Waals surface area contributed by atoms with Crippen LogP contribution in [0.1, 0.15) is 0 Å². The van der Waals surface area contributed by atoms with Gasteiger partial charge in [-0.2, -0.15) is 0 Å². The largest absolute Gasteiger partial charge is 0.338 e. The lowest BCUT2D eigenvalue weighted by atomic mass is 10.3. The van der Waals surface area contributed by atoms with E-state index < -0.39 is 4.92 Å². The minimum Gasteiger partial charge on any atom is -0.338 e. The van der Waals surface area contributed by atoms with Gasteiger partial charge >= 0.3 is 0 Å². The van der Waals surface area contributed by atoms with E-state index in [-0.39, 0.29) is 11.6 Å². The highest BCUT2D eigenvalue weighted by molar-refractivity contribution is 8.00. The molecule has 2 heterocycles. The average Bonchev–Trinajstić information content (AvgIpc) is 2.67. The van der Waals surface area contributed by atoms with Gasteiger partial charge in [-0.05, 0) is 18.2 Å². The van der Waals surface area contributed by atoms with E-state index in [0.717, 1.165) is 4.90 Å². The highest BCUT2D eigenvalue weighted by Gasteiger charge is 2.22. The molecule has 1 fully saturated rings. The van der Waals surface area contributed by atoms with Crippen LogP contribution in [0.25, 0.3) is 0 Å². The topological polar surface area (TPSA) is 92.5 Å². The molecule has 0 aliphatic carbocycles. The molecule has 25 heavy (non-hydrogen) atoms. The molecule has 1 amide bonds. The summed E-state index contributed by atoms with van der Waals surface area (Å²) in [5.41, 5.74) is 0.0509. The van der Waals surface area contributed by atoms with E-state index in [1.807, 2.05) is 4.90 Å². The van der Waals surface area contributed by atoms with Crippen LogP contribution in [0.2, 0.25) is 0 Å². The van der Waals surface area contributed by atoms with E-state index in [9.17, 15) is 14.9 Å². The second-order valence-corrected chi connectivity index (χ2v) is 6.51. The molecule has 1 aromatic carbocycles. The van der Waals surface area contributed by atoms with Crippen LogP contribution in [-0.2, 0) is 4.79 Å². The predicted molar refractivity (Wildman–Crippen MR) is 94.6 cm³/mol. The number of hydrogen-bond acceptors (Lipinski definition) is 7. The summed E-state index contributed by atoms with van der Waals surface area (Å²) in [4.78, 5) is 35.7. The van der Waals surface area contributed by atoms with Crippen LogP contribution in [0, 0.1) is 10.1 Å². The fraction of sp³-hybridized carbons (Fsp3) is 0.312. The number of piperazine rings is 1. The molecule has 1 saturated heterocycles. The summed E-state index contributed by atoms with van der Waals surface area (Å²) in [6, 6.07) is 8.01. The molecule has 0 atom stereocenters. The summed E-state index contributed by atoms with van der Waals surface area (Å²) in [5.74, 6) is 1.08. The Morgan fingerprint density at radius 3 is 2.36 bits per heavy atom. The first-order valence-electron chi connectivity index (χ1n) is 7.80. The molecule has 2 aromatic rings. The maximum Gasteiger partial charge on any atom is 0.269 e. The number of hydrogen-bond donors (Lipinski definition) is 0. The molecular formula is C16H17N5O3S. The van der Waals surface area contributed by atoms with Crippen molar-refractivity contribution >= 4 is 29.3 Å². The van der Waals surface area contributed by atoms with Crippen LogP contribution in [0.3, 0.4) is 0 Å². The minimum absolute atomic E-state index is 0.0509. The van der Waals surface area contributed by atoms with Gasteiger partial charge in [0.05, 0.1) is 10.7 Å². The number of nitro groups is 1. The van der Waals surface area contributed by atoms with Gasteiger partial charge in [-0.1, -0.05) is 0 Å². The number of rotatable bonds is 5. The minimum atomic E-state index is -0.435. The number of thioether (sulfide) groups is 1. The van der Waals surface area contributed by atoms with Crippen molar-refractivity contribution in [3.63, 3.8) is 0 Å². The van der Waals surface area contributed by atoms with Crippen molar-refractivity contribution in [2.24, 2.45) is 0 Å². The molecule has 1 aliphatic heterocycles. The first kappa shape index (κ1) is 17.2. The second-order valence-electron chi connectivity index (χ2n) is 5.46. The zero-order valence-corrected chi connectivity index (χ0v) is 14.3. The Hall–Kier alpha value is -2.68. The third kappa shape index (κ3) is 4.44. The third-order valence-electron chi connectivity index (χ3n) is 3.88. The fourth-order valence-electron chi connectivity index (χ4n) is 2.51. The van der Waals surface area contributed by atoms with Gasteiger partial charge in [-0.3, -0.25) is 14.9 Å². The lowest BCUT2D eigenvalue weighted by Gasteiger charge is -2.34. The van der Waals surface area contributed by atoms with Crippen LogP contribution >= 0.6 is 11.8 Å². The molecule has 130 valence electrons. The maximum absolute atomic E-state index is 12.3. The van der Waals surface area contributed by atoms with Crippen LogP contribution in [0.5, 0.6) is 0 Å². The summed E-state index contributed by atoms with van der Waals surface area (Å²) in [5, 5.41) is 10.6. The summed E-state index contributed by atoms with van der Waals surface area (Å²) < 4.78 is 0. The highest BCUT2D eigenvalue weighted by atomic mass is 32.2. The standard InChI is InChI=1S/C16H17N5O3S/c22-15(12-25-14-4-2-13(3-5-14)21(23)24)19-8-10-20(11-9-19)16-17-6-1-7-18-16/h1-7H,8-12H2. The van der Waals surface area contributed by atoms with Crippen LogP contribution in [0.4, 0.5) is 11.6 Å². The molecule has 0 N–H and O–H groups in total. The van der Waals surface area contributed by atoms with Crippen molar-refractivity contribution in [1.82, 2.24) is 14.9 Å². The molecule has 1 aliphatic rings. The number of nitro benzene ring substituents is 1. The second kappa shape index (κ2) is 7.93. The molecule has 0 unspecified atom stereocenters. The molecule has 3 rings (SSSR count). The van der Waals surface area contributed by atoms with Crippen LogP contribution < -0.4 is 4.90 Å². The highest BCUT2D eigenvalue weighted by Crippen LogP contribution is 2.22. The lowest BCUT2D eigenvalue weighted by molar-refractivity contribution is -0.384. The van der Waals surface area contributed by atoms with E-state index >= 15 is 0 Å². The molecular weight excluding hydrogens is 342 g/mol. The van der Waals surface area contributed by atoms with Gasteiger partial charge in [0.1, 0.15) is 0 Å². The summed E-state index contributed by atoms with van der Waals surface area (Å²) in [6.45, 7) is 2.69. The molecule has 9 heteroatoms. The number of non-ortho nitro benzene ring substituents is 1. The van der Waals surface area contributed by atoms with E-state index in [2.05, 4.69) is 14.9 Å². The summed E-state index contributed by atoms with van der Waals surface area (Å²) >= 11 is 1.39. The average molecular weight is 359 g/mol. The van der Waals surface area contributed by atoms with Gasteiger partial charge in [-0.25, -0.2) is 9.97 Å². The number of aromatic nitrogens is 2. The van der Waals surface area contributed by atoms with Crippen molar-refractivity contribution < 1.29 is 9.72 Å². The SMILES string of the molecule is O=C(CSc1ccc([N+](=O)[O-])cc1)N1CCN(c2ncccn2)CC1. The van der Waals surface area contributed by atoms with Gasteiger partial charge in [0.15, 0.2) is 0 Å². The summed E-state index contributed by atoms with van der Waals surface area (Å²) in [6.07, 6.45) is 3.42. The van der Waals surface area contributed by atoms with E-state index in [1.165, 1.54) is 23.9 Å². The number of nitrogens with zero attached hydrogens (tertiary/aromatic N) is 5. The smallest absolute Gasteiger partial charge is 0.269 e. The predicted octanol–water partition coefficient (Wildman–Crippen LogP) is 1.83. The maximum atomic E-state index is 12.3. The van der Waals surface area contributed by atoms with Gasteiger partial charge in [0, 0.05) is 55.6 Å². The van der Waals surface area contributed by atoms with Crippen LogP contribution in [0.15, 0.2) is 47.6 Å². The molecule has 1 aromatic heterocycles. The molecule has 8 nitrogen and oxygen atoms in total. The van der Waals surface area contributed by atoms with Gasteiger partial charge in [0.2, 0.25) is 11.9 Å². The molecule has 0 spiro atoms. The van der Waals surface area contributed by atoms with Gasteiger partial charge < -0.3 is 9.80 Å². The zero-order chi connectivity index (χ0) is 17.6. The Bertz CT molecular complexity index is 733. The van der Waals surface area contributed by atoms with Crippen molar-refractivity contribution in [2.45, 2.75) is 4.90 Å². The Kier molecular flexibility index (Phi) is 5.44. The van der Waals surface area contributed by atoms with E-state index in [0.29, 0.717) is 37.9 Å². The molecule has 0 radical (unpaired) electrons. The number of anilines is 1. The third-order valence-corrected chi connectivity index (χ3v) is 4.87.